The monoisotopic (exact) mass is 220 g/mol. The number of carbonyl (C=O) groups is 3. The normalized spacial score (nSPS) is 16.1. The highest BCUT2D eigenvalue weighted by molar-refractivity contribution is 6.63. The van der Waals surface area contributed by atoms with Gasteiger partial charge in [0.05, 0.1) is 0 Å². The van der Waals surface area contributed by atoms with Gasteiger partial charge in [-0.25, -0.2) is 0 Å². The summed E-state index contributed by atoms with van der Waals surface area (Å²) in [5, 5.41) is -0.130. The van der Waals surface area contributed by atoms with Crippen molar-refractivity contribution >= 4 is 29.8 Å². The third-order valence-electron chi connectivity index (χ3n) is 2.04. The minimum Gasteiger partial charge on any atom is -0.398 e. The van der Waals surface area contributed by atoms with Gasteiger partial charge in [0.2, 0.25) is 5.24 Å². The highest BCUT2D eigenvalue weighted by Gasteiger charge is 2.18. The molecule has 0 aromatic carbocycles. The summed E-state index contributed by atoms with van der Waals surface area (Å²) in [5.41, 5.74) is 0. The Morgan fingerprint density at radius 1 is 1.14 bits per heavy atom. The molecular weight excluding hydrogens is 208 g/mol. The van der Waals surface area contributed by atoms with Gasteiger partial charge in [-0.15, -0.1) is 0 Å². The van der Waals surface area contributed by atoms with Crippen LogP contribution in [0.4, 0.5) is 0 Å². The molecule has 0 aromatic rings. The lowest BCUT2D eigenvalue weighted by molar-refractivity contribution is -0.141. The Bertz CT molecular complexity index is 181. The molecule has 0 bridgehead atoms. The molecule has 0 atom stereocenters. The van der Waals surface area contributed by atoms with Crippen LogP contribution in [0.15, 0.2) is 0 Å². The molecule has 80 valence electrons. The molecule has 0 N–H and O–H groups in total. The zero-order valence-corrected chi connectivity index (χ0v) is 8.53. The second-order valence-electron chi connectivity index (χ2n) is 2.97. The van der Waals surface area contributed by atoms with Gasteiger partial charge in [0, 0.05) is 5.92 Å². The Balaban J connectivity index is 0.000000292. The zero-order chi connectivity index (χ0) is 10.8. The molecule has 1 saturated carbocycles. The van der Waals surface area contributed by atoms with Gasteiger partial charge in [0.15, 0.2) is 0 Å². The molecule has 1 fully saturated rings. The summed E-state index contributed by atoms with van der Waals surface area (Å²) in [5.74, 6) is 0.181. The highest BCUT2D eigenvalue weighted by atomic mass is 35.5. The standard InChI is InChI=1S/C7H11ClO.C2H2O3/c8-7(9)6-4-2-1-3-5-6;3-1-5-2-4/h6H,1-5H2;1-2H. The number of ether oxygens (including phenoxy) is 1. The second-order valence-corrected chi connectivity index (χ2v) is 3.34. The Kier molecular flexibility index (Phi) is 8.13. The van der Waals surface area contributed by atoms with E-state index in [2.05, 4.69) is 4.74 Å². The summed E-state index contributed by atoms with van der Waals surface area (Å²) in [7, 11) is 0. The number of rotatable bonds is 3. The maximum atomic E-state index is 10.6. The molecule has 0 aromatic heterocycles. The zero-order valence-electron chi connectivity index (χ0n) is 7.78. The molecule has 0 aliphatic heterocycles. The molecule has 0 radical (unpaired) electrons. The van der Waals surface area contributed by atoms with Crippen LogP contribution < -0.4 is 0 Å². The van der Waals surface area contributed by atoms with Gasteiger partial charge in [-0.3, -0.25) is 14.4 Å². The summed E-state index contributed by atoms with van der Waals surface area (Å²) in [4.78, 5) is 28.5. The lowest BCUT2D eigenvalue weighted by atomic mass is 9.90. The van der Waals surface area contributed by atoms with Crippen molar-refractivity contribution in [2.45, 2.75) is 32.1 Å². The van der Waals surface area contributed by atoms with Crippen LogP contribution in [0.2, 0.25) is 0 Å². The van der Waals surface area contributed by atoms with E-state index in [1.807, 2.05) is 0 Å². The molecule has 0 amide bonds. The lowest BCUT2D eigenvalue weighted by Crippen LogP contribution is -2.12. The molecule has 0 heterocycles. The number of carbonyl (C=O) groups excluding carboxylic acids is 3. The average molecular weight is 221 g/mol. The van der Waals surface area contributed by atoms with Gasteiger partial charge in [0.1, 0.15) is 0 Å². The highest BCUT2D eigenvalue weighted by Crippen LogP contribution is 2.24. The number of hydrogen-bond acceptors (Lipinski definition) is 4. The smallest absolute Gasteiger partial charge is 0.300 e. The van der Waals surface area contributed by atoms with Crippen LogP contribution >= 0.6 is 11.6 Å². The molecule has 0 saturated heterocycles. The molecule has 1 rings (SSSR count). The van der Waals surface area contributed by atoms with Crippen molar-refractivity contribution in [3.05, 3.63) is 0 Å². The van der Waals surface area contributed by atoms with Crippen molar-refractivity contribution in [2.24, 2.45) is 5.92 Å². The first-order valence-corrected chi connectivity index (χ1v) is 4.82. The Morgan fingerprint density at radius 3 is 1.86 bits per heavy atom. The van der Waals surface area contributed by atoms with E-state index >= 15 is 0 Å². The minimum absolute atomic E-state index is 0.0625. The van der Waals surface area contributed by atoms with Crippen molar-refractivity contribution in [1.82, 2.24) is 0 Å². The predicted molar refractivity (Wildman–Crippen MR) is 50.6 cm³/mol. The summed E-state index contributed by atoms with van der Waals surface area (Å²) in [6.07, 6.45) is 5.68. The summed E-state index contributed by atoms with van der Waals surface area (Å²) in [6.45, 7) is 0.125. The van der Waals surface area contributed by atoms with Crippen LogP contribution in [0.3, 0.4) is 0 Å². The van der Waals surface area contributed by atoms with Gasteiger partial charge in [-0.1, -0.05) is 19.3 Å². The minimum atomic E-state index is -0.130. The van der Waals surface area contributed by atoms with E-state index in [1.54, 1.807) is 0 Å². The fraction of sp³-hybridized carbons (Fsp3) is 0.667. The van der Waals surface area contributed by atoms with Crippen LogP contribution in [0.25, 0.3) is 0 Å². The summed E-state index contributed by atoms with van der Waals surface area (Å²) < 4.78 is 3.47. The Hall–Kier alpha value is -0.900. The lowest BCUT2D eigenvalue weighted by Gasteiger charge is -2.16. The molecule has 1 aliphatic rings. The number of hydrogen-bond donors (Lipinski definition) is 0. The van der Waals surface area contributed by atoms with E-state index in [4.69, 9.17) is 21.2 Å². The predicted octanol–water partition coefficient (Wildman–Crippen LogP) is 1.65. The maximum absolute atomic E-state index is 10.6. The Morgan fingerprint density at radius 2 is 1.64 bits per heavy atom. The van der Waals surface area contributed by atoms with Gasteiger partial charge < -0.3 is 4.74 Å². The topological polar surface area (TPSA) is 60.4 Å². The van der Waals surface area contributed by atoms with Gasteiger partial charge in [-0.05, 0) is 24.4 Å². The number of halogens is 1. The fourth-order valence-corrected chi connectivity index (χ4v) is 1.57. The van der Waals surface area contributed by atoms with Crippen molar-refractivity contribution in [3.63, 3.8) is 0 Å². The second kappa shape index (κ2) is 8.69. The van der Waals surface area contributed by atoms with E-state index in [0.29, 0.717) is 0 Å². The molecule has 1 aliphatic carbocycles. The Labute approximate surface area is 87.6 Å². The van der Waals surface area contributed by atoms with Crippen LogP contribution in [-0.2, 0) is 19.1 Å². The van der Waals surface area contributed by atoms with Crippen molar-refractivity contribution in [1.29, 1.82) is 0 Å². The van der Waals surface area contributed by atoms with Gasteiger partial charge in [0.25, 0.3) is 0 Å². The van der Waals surface area contributed by atoms with E-state index < -0.39 is 0 Å². The summed E-state index contributed by atoms with van der Waals surface area (Å²) in [6, 6.07) is 0. The fourth-order valence-electron chi connectivity index (χ4n) is 1.35. The van der Waals surface area contributed by atoms with Crippen LogP contribution in [0.5, 0.6) is 0 Å². The van der Waals surface area contributed by atoms with Gasteiger partial charge >= 0.3 is 12.9 Å². The molecule has 0 spiro atoms. The maximum Gasteiger partial charge on any atom is 0.300 e. The van der Waals surface area contributed by atoms with Crippen LogP contribution in [0.1, 0.15) is 32.1 Å². The van der Waals surface area contributed by atoms with Crippen molar-refractivity contribution in [3.8, 4) is 0 Å². The molecule has 5 heteroatoms. The molecular formula is C9H13ClO4. The SMILES string of the molecule is O=C(Cl)C1CCCCC1.O=COC=O. The van der Waals surface area contributed by atoms with Crippen LogP contribution in [-0.4, -0.2) is 18.2 Å². The van der Waals surface area contributed by atoms with E-state index in [0.717, 1.165) is 12.8 Å². The third kappa shape index (κ3) is 6.60. The largest absolute Gasteiger partial charge is 0.398 e. The molecule has 4 nitrogen and oxygen atoms in total. The van der Waals surface area contributed by atoms with E-state index in [1.165, 1.54) is 19.3 Å². The molecule has 0 unspecified atom stereocenters. The molecule has 14 heavy (non-hydrogen) atoms. The van der Waals surface area contributed by atoms with Gasteiger partial charge in [-0.2, -0.15) is 0 Å². The van der Waals surface area contributed by atoms with E-state index in [9.17, 15) is 4.79 Å². The van der Waals surface area contributed by atoms with Crippen molar-refractivity contribution < 1.29 is 19.1 Å². The van der Waals surface area contributed by atoms with Crippen LogP contribution in [0, 0.1) is 5.92 Å². The quantitative estimate of drug-likeness (QED) is 0.412. The van der Waals surface area contributed by atoms with E-state index in [-0.39, 0.29) is 24.1 Å². The third-order valence-corrected chi connectivity index (χ3v) is 2.35. The first-order chi connectivity index (χ1) is 6.72. The first-order valence-electron chi connectivity index (χ1n) is 4.44. The summed E-state index contributed by atoms with van der Waals surface area (Å²) >= 11 is 5.32. The first kappa shape index (κ1) is 13.1. The van der Waals surface area contributed by atoms with Crippen molar-refractivity contribution in [2.75, 3.05) is 0 Å². The average Bonchev–Trinajstić information content (AvgIpc) is 2.21.